The number of carbonyl (C=O) groups is 1. The van der Waals surface area contributed by atoms with Gasteiger partial charge in [-0.25, -0.2) is 10.8 Å². The Bertz CT molecular complexity index is 632. The molecule has 6 heteroatoms. The number of nitrogens with two attached hydrogens (primary N) is 1. The second-order valence-corrected chi connectivity index (χ2v) is 5.85. The number of carbonyl (C=O) groups excluding carboxylic acids is 1. The van der Waals surface area contributed by atoms with E-state index in [1.807, 2.05) is 31.2 Å². The Labute approximate surface area is 128 Å². The van der Waals surface area contributed by atoms with Crippen LogP contribution in [0, 0.1) is 0 Å². The predicted octanol–water partition coefficient (Wildman–Crippen LogP) is 2.39. The van der Waals surface area contributed by atoms with Crippen molar-refractivity contribution in [3.8, 4) is 0 Å². The molecular formula is C15H20N4OS. The summed E-state index contributed by atoms with van der Waals surface area (Å²) >= 11 is 1.77. The summed E-state index contributed by atoms with van der Waals surface area (Å²) in [5.74, 6) is 6.95. The van der Waals surface area contributed by atoms with Crippen LogP contribution in [0.25, 0.3) is 10.8 Å². The molecular weight excluding hydrogens is 284 g/mol. The van der Waals surface area contributed by atoms with Gasteiger partial charge < -0.3 is 10.7 Å². The molecule has 112 valence electrons. The Morgan fingerprint density at radius 2 is 2.10 bits per heavy atom. The van der Waals surface area contributed by atoms with Gasteiger partial charge in [-0.15, -0.1) is 0 Å². The first-order valence-corrected chi connectivity index (χ1v) is 8.21. The zero-order valence-electron chi connectivity index (χ0n) is 12.2. The first-order chi connectivity index (χ1) is 10.2. The molecule has 1 atom stereocenters. The molecule has 1 heterocycles. The molecule has 4 N–H and O–H groups in total. The standard InChI is InChI=1S/C15H20N4OS/c1-10(7-8-21-2)18-15(20)13-9-17-14(19-16)12-6-4-3-5-11(12)13/h3-6,9-10H,7-8,16H2,1-2H3,(H,17,19)(H,18,20). The van der Waals surface area contributed by atoms with Crippen molar-refractivity contribution in [1.29, 1.82) is 0 Å². The highest BCUT2D eigenvalue weighted by molar-refractivity contribution is 7.98. The number of nitrogen functional groups attached to an aromatic ring is 1. The quantitative estimate of drug-likeness (QED) is 0.564. The molecule has 5 nitrogen and oxygen atoms in total. The van der Waals surface area contributed by atoms with Gasteiger partial charge in [0.2, 0.25) is 0 Å². The van der Waals surface area contributed by atoms with Gasteiger partial charge in [-0.05, 0) is 30.7 Å². The molecule has 1 aromatic heterocycles. The fourth-order valence-corrected chi connectivity index (χ4v) is 2.75. The second kappa shape index (κ2) is 7.28. The van der Waals surface area contributed by atoms with Crippen LogP contribution in [0.1, 0.15) is 23.7 Å². The van der Waals surface area contributed by atoms with Crippen LogP contribution < -0.4 is 16.6 Å². The van der Waals surface area contributed by atoms with Crippen LogP contribution in [0.3, 0.4) is 0 Å². The Balaban J connectivity index is 2.28. The van der Waals surface area contributed by atoms with Crippen molar-refractivity contribution in [3.63, 3.8) is 0 Å². The molecule has 0 spiro atoms. The topological polar surface area (TPSA) is 80.0 Å². The van der Waals surface area contributed by atoms with E-state index in [-0.39, 0.29) is 11.9 Å². The van der Waals surface area contributed by atoms with E-state index in [4.69, 9.17) is 5.84 Å². The number of amides is 1. The maximum absolute atomic E-state index is 12.4. The summed E-state index contributed by atoms with van der Waals surface area (Å²) in [7, 11) is 0. The molecule has 0 saturated carbocycles. The molecule has 0 bridgehead atoms. The number of aromatic nitrogens is 1. The number of anilines is 1. The summed E-state index contributed by atoms with van der Waals surface area (Å²) in [6.45, 7) is 2.01. The van der Waals surface area contributed by atoms with Gasteiger partial charge in [0.25, 0.3) is 5.91 Å². The SMILES string of the molecule is CSCCC(C)NC(=O)c1cnc(NN)c2ccccc12. The molecule has 1 unspecified atom stereocenters. The Morgan fingerprint density at radius 3 is 2.76 bits per heavy atom. The van der Waals surface area contributed by atoms with Crippen LogP contribution >= 0.6 is 11.8 Å². The number of hydrogen-bond acceptors (Lipinski definition) is 5. The van der Waals surface area contributed by atoms with Gasteiger partial charge in [0, 0.05) is 17.6 Å². The van der Waals surface area contributed by atoms with Gasteiger partial charge in [0.15, 0.2) is 0 Å². The van der Waals surface area contributed by atoms with E-state index < -0.39 is 0 Å². The lowest BCUT2D eigenvalue weighted by atomic mass is 10.1. The lowest BCUT2D eigenvalue weighted by molar-refractivity contribution is 0.0941. The van der Waals surface area contributed by atoms with Gasteiger partial charge >= 0.3 is 0 Å². The Morgan fingerprint density at radius 1 is 1.38 bits per heavy atom. The van der Waals surface area contributed by atoms with E-state index in [0.717, 1.165) is 22.9 Å². The number of pyridine rings is 1. The molecule has 0 radical (unpaired) electrons. The van der Waals surface area contributed by atoms with E-state index >= 15 is 0 Å². The van der Waals surface area contributed by atoms with Gasteiger partial charge in [0.05, 0.1) is 5.56 Å². The predicted molar refractivity (Wildman–Crippen MR) is 89.5 cm³/mol. The highest BCUT2D eigenvalue weighted by Gasteiger charge is 2.14. The fraction of sp³-hybridized carbons (Fsp3) is 0.333. The number of fused-ring (bicyclic) bond motifs is 1. The monoisotopic (exact) mass is 304 g/mol. The second-order valence-electron chi connectivity index (χ2n) is 4.87. The molecule has 2 rings (SSSR count). The molecule has 0 aliphatic rings. The molecule has 0 fully saturated rings. The summed E-state index contributed by atoms with van der Waals surface area (Å²) < 4.78 is 0. The number of benzene rings is 1. The lowest BCUT2D eigenvalue weighted by Gasteiger charge is -2.15. The molecule has 1 aromatic carbocycles. The van der Waals surface area contributed by atoms with E-state index in [9.17, 15) is 4.79 Å². The smallest absolute Gasteiger partial charge is 0.253 e. The number of hydrazine groups is 1. The zero-order valence-corrected chi connectivity index (χ0v) is 13.0. The summed E-state index contributed by atoms with van der Waals surface area (Å²) in [6.07, 6.45) is 4.57. The van der Waals surface area contributed by atoms with Crippen molar-refractivity contribution in [1.82, 2.24) is 10.3 Å². The van der Waals surface area contributed by atoms with Crippen molar-refractivity contribution in [2.45, 2.75) is 19.4 Å². The summed E-state index contributed by atoms with van der Waals surface area (Å²) in [5, 5.41) is 4.70. The normalized spacial score (nSPS) is 12.1. The maximum Gasteiger partial charge on any atom is 0.253 e. The molecule has 0 aliphatic carbocycles. The number of thioether (sulfide) groups is 1. The molecule has 0 saturated heterocycles. The Kier molecular flexibility index (Phi) is 5.41. The summed E-state index contributed by atoms with van der Waals surface area (Å²) in [5.41, 5.74) is 3.13. The third kappa shape index (κ3) is 3.65. The zero-order chi connectivity index (χ0) is 15.2. The van der Waals surface area contributed by atoms with Crippen LogP contribution in [0.5, 0.6) is 0 Å². The minimum atomic E-state index is -0.101. The van der Waals surface area contributed by atoms with E-state index in [1.54, 1.807) is 18.0 Å². The van der Waals surface area contributed by atoms with Crippen LogP contribution in [0.2, 0.25) is 0 Å². The van der Waals surface area contributed by atoms with Crippen molar-refractivity contribution in [2.75, 3.05) is 17.4 Å². The third-order valence-electron chi connectivity index (χ3n) is 3.31. The first-order valence-electron chi connectivity index (χ1n) is 6.81. The maximum atomic E-state index is 12.4. The fourth-order valence-electron chi connectivity index (χ4n) is 2.16. The van der Waals surface area contributed by atoms with Gasteiger partial charge in [-0.2, -0.15) is 11.8 Å². The third-order valence-corrected chi connectivity index (χ3v) is 3.95. The van der Waals surface area contributed by atoms with E-state index in [2.05, 4.69) is 22.0 Å². The summed E-state index contributed by atoms with van der Waals surface area (Å²) in [6, 6.07) is 7.73. The largest absolute Gasteiger partial charge is 0.349 e. The number of nitrogens with zero attached hydrogens (tertiary/aromatic N) is 1. The van der Waals surface area contributed by atoms with Crippen molar-refractivity contribution >= 4 is 34.3 Å². The molecule has 1 amide bonds. The van der Waals surface area contributed by atoms with Crippen LogP contribution in [-0.4, -0.2) is 28.9 Å². The molecule has 21 heavy (non-hydrogen) atoms. The minimum Gasteiger partial charge on any atom is -0.349 e. The number of rotatable bonds is 6. The average Bonchev–Trinajstić information content (AvgIpc) is 2.51. The van der Waals surface area contributed by atoms with Crippen molar-refractivity contribution < 1.29 is 4.79 Å². The summed E-state index contributed by atoms with van der Waals surface area (Å²) in [4.78, 5) is 16.6. The lowest BCUT2D eigenvalue weighted by Crippen LogP contribution is -2.33. The van der Waals surface area contributed by atoms with Crippen LogP contribution in [0.15, 0.2) is 30.5 Å². The first kappa shape index (κ1) is 15.6. The highest BCUT2D eigenvalue weighted by atomic mass is 32.2. The number of nitrogens with one attached hydrogen (secondary N) is 2. The van der Waals surface area contributed by atoms with Crippen molar-refractivity contribution in [2.24, 2.45) is 5.84 Å². The van der Waals surface area contributed by atoms with Gasteiger partial charge in [0.1, 0.15) is 5.82 Å². The van der Waals surface area contributed by atoms with Gasteiger partial charge in [-0.1, -0.05) is 24.3 Å². The minimum absolute atomic E-state index is 0.101. The molecule has 2 aromatic rings. The van der Waals surface area contributed by atoms with E-state index in [1.165, 1.54) is 0 Å². The van der Waals surface area contributed by atoms with Crippen molar-refractivity contribution in [3.05, 3.63) is 36.0 Å². The van der Waals surface area contributed by atoms with E-state index in [0.29, 0.717) is 11.4 Å². The van der Waals surface area contributed by atoms with Crippen LogP contribution in [-0.2, 0) is 0 Å². The number of hydrogen-bond donors (Lipinski definition) is 3. The van der Waals surface area contributed by atoms with Crippen LogP contribution in [0.4, 0.5) is 5.82 Å². The molecule has 0 aliphatic heterocycles. The highest BCUT2D eigenvalue weighted by Crippen LogP contribution is 2.23. The Hall–Kier alpha value is -1.79. The average molecular weight is 304 g/mol. The van der Waals surface area contributed by atoms with Gasteiger partial charge in [-0.3, -0.25) is 4.79 Å².